The van der Waals surface area contributed by atoms with Gasteiger partial charge in [-0.05, 0) is 36.4 Å². The molecule has 0 aliphatic carbocycles. The summed E-state index contributed by atoms with van der Waals surface area (Å²) in [6, 6.07) is 21.1. The molecule has 5 rings (SSSR count). The van der Waals surface area contributed by atoms with E-state index in [1.54, 1.807) is 12.1 Å². The Morgan fingerprint density at radius 3 is 1.25 bits per heavy atom. The molecule has 198 valence electrons. The average molecular weight is 538 g/mol. The second kappa shape index (κ2) is 10.7. The highest BCUT2D eigenvalue weighted by atomic mass is 16.6. The number of hydrogen-bond acceptors (Lipinski definition) is 10. The van der Waals surface area contributed by atoms with Gasteiger partial charge in [0, 0.05) is 35.0 Å². The number of carbonyl (C=O) groups excluding carboxylic acids is 2. The number of carbonyl (C=O) groups is 2. The van der Waals surface area contributed by atoms with E-state index in [0.717, 1.165) is 0 Å². The molecule has 40 heavy (non-hydrogen) atoms. The van der Waals surface area contributed by atoms with Crippen molar-refractivity contribution < 1.29 is 19.4 Å². The fourth-order valence-electron chi connectivity index (χ4n) is 3.74. The first-order chi connectivity index (χ1) is 19.3. The molecule has 0 radical (unpaired) electrons. The van der Waals surface area contributed by atoms with E-state index in [1.807, 2.05) is 12.1 Å². The minimum atomic E-state index is -0.557. The predicted octanol–water partition coefficient (Wildman–Crippen LogP) is 4.11. The van der Waals surface area contributed by atoms with Gasteiger partial charge in [0.25, 0.3) is 23.2 Å². The van der Waals surface area contributed by atoms with E-state index >= 15 is 0 Å². The highest BCUT2D eigenvalue weighted by molar-refractivity contribution is 6.06. The maximum Gasteiger partial charge on any atom is 0.288 e. The minimum absolute atomic E-state index is 0.0749. The first kappa shape index (κ1) is 25.5. The van der Waals surface area contributed by atoms with Gasteiger partial charge in [0.15, 0.2) is 0 Å². The highest BCUT2D eigenvalue weighted by Gasteiger charge is 2.14. The van der Waals surface area contributed by atoms with Gasteiger partial charge in [0.1, 0.15) is 11.4 Å². The molecule has 2 amide bonds. The first-order valence-corrected chi connectivity index (χ1v) is 11.6. The Hall–Kier alpha value is -6.18. The molecule has 2 heterocycles. The molecule has 0 saturated heterocycles. The van der Waals surface area contributed by atoms with Crippen molar-refractivity contribution in [2.75, 3.05) is 10.9 Å². The van der Waals surface area contributed by atoms with Crippen molar-refractivity contribution >= 4 is 56.4 Å². The standard InChI is InChI=1S/C26H18N8O6/c35-25(31-29-17-5-9-19(10-6-17)33(37)38)21-13-3-15-1-2-16-4-14-22(28-24(16)23(15)27-21)26(36)32-30-18-7-11-20(12-8-18)34(39)40/h1-14,29-30H,(H,31,35)(H,32,36). The zero-order chi connectivity index (χ0) is 28.2. The summed E-state index contributed by atoms with van der Waals surface area (Å²) in [4.78, 5) is 55.0. The van der Waals surface area contributed by atoms with Crippen LogP contribution < -0.4 is 21.7 Å². The molecule has 0 unspecified atom stereocenters. The highest BCUT2D eigenvalue weighted by Crippen LogP contribution is 2.23. The second-order valence-electron chi connectivity index (χ2n) is 8.37. The number of rotatable bonds is 8. The largest absolute Gasteiger partial charge is 0.298 e. The molecule has 0 spiro atoms. The van der Waals surface area contributed by atoms with Gasteiger partial charge in [0.05, 0.1) is 32.3 Å². The normalized spacial score (nSPS) is 10.6. The van der Waals surface area contributed by atoms with Gasteiger partial charge in [-0.25, -0.2) is 9.97 Å². The number of aromatic nitrogens is 2. The monoisotopic (exact) mass is 538 g/mol. The van der Waals surface area contributed by atoms with Gasteiger partial charge in [0.2, 0.25) is 0 Å². The van der Waals surface area contributed by atoms with E-state index in [0.29, 0.717) is 33.2 Å². The summed E-state index contributed by atoms with van der Waals surface area (Å²) in [6.45, 7) is 0. The van der Waals surface area contributed by atoms with Crippen LogP contribution in [0.15, 0.2) is 84.9 Å². The summed E-state index contributed by atoms with van der Waals surface area (Å²) >= 11 is 0. The smallest absolute Gasteiger partial charge is 0.288 e. The molecular formula is C26H18N8O6. The van der Waals surface area contributed by atoms with Crippen molar-refractivity contribution in [2.45, 2.75) is 0 Å². The van der Waals surface area contributed by atoms with E-state index in [9.17, 15) is 29.8 Å². The third-order valence-electron chi connectivity index (χ3n) is 5.78. The lowest BCUT2D eigenvalue weighted by Gasteiger charge is -2.10. The summed E-state index contributed by atoms with van der Waals surface area (Å²) in [5.74, 6) is -1.11. The molecule has 2 aromatic heterocycles. The molecule has 0 bridgehead atoms. The maximum absolute atomic E-state index is 12.8. The number of nitro benzene ring substituents is 2. The SMILES string of the molecule is O=C(NNc1ccc([N+](=O)[O-])cc1)c1ccc2ccc3ccc(C(=O)NNc4ccc([N+](=O)[O-])cc4)nc3c2n1. The number of amides is 2. The van der Waals surface area contributed by atoms with Crippen LogP contribution in [0.2, 0.25) is 0 Å². The maximum atomic E-state index is 12.8. The fourth-order valence-corrected chi connectivity index (χ4v) is 3.74. The number of fused-ring (bicyclic) bond motifs is 3. The Balaban J connectivity index is 1.34. The van der Waals surface area contributed by atoms with Crippen molar-refractivity contribution in [3.05, 3.63) is 117 Å². The number of non-ortho nitro benzene ring substituents is 2. The second-order valence-corrected chi connectivity index (χ2v) is 8.37. The Kier molecular flexibility index (Phi) is 6.79. The molecule has 0 fully saturated rings. The van der Waals surface area contributed by atoms with Crippen molar-refractivity contribution in [1.29, 1.82) is 0 Å². The van der Waals surface area contributed by atoms with Crippen LogP contribution in [0.3, 0.4) is 0 Å². The van der Waals surface area contributed by atoms with Crippen LogP contribution in [0.1, 0.15) is 21.0 Å². The van der Waals surface area contributed by atoms with E-state index < -0.39 is 21.7 Å². The summed E-state index contributed by atoms with van der Waals surface area (Å²) in [6.07, 6.45) is 0. The molecule has 0 atom stereocenters. The molecule has 4 N–H and O–H groups in total. The lowest BCUT2D eigenvalue weighted by Crippen LogP contribution is -2.30. The topological polar surface area (TPSA) is 194 Å². The van der Waals surface area contributed by atoms with Crippen molar-refractivity contribution in [3.63, 3.8) is 0 Å². The molecule has 0 aliphatic rings. The van der Waals surface area contributed by atoms with E-state index in [-0.39, 0.29) is 22.8 Å². The van der Waals surface area contributed by atoms with Gasteiger partial charge in [-0.2, -0.15) is 0 Å². The van der Waals surface area contributed by atoms with Crippen LogP contribution in [-0.2, 0) is 0 Å². The Morgan fingerprint density at radius 2 is 0.900 bits per heavy atom. The quantitative estimate of drug-likeness (QED) is 0.127. The van der Waals surface area contributed by atoms with Crippen molar-refractivity contribution in [1.82, 2.24) is 20.8 Å². The fraction of sp³-hybridized carbons (Fsp3) is 0. The average Bonchev–Trinajstić information content (AvgIpc) is 2.98. The third-order valence-corrected chi connectivity index (χ3v) is 5.78. The molecule has 14 heteroatoms. The van der Waals surface area contributed by atoms with Crippen LogP contribution in [0.4, 0.5) is 22.7 Å². The number of benzene rings is 3. The number of hydrogen-bond donors (Lipinski definition) is 4. The Bertz CT molecular complexity index is 1660. The van der Waals surface area contributed by atoms with Crippen LogP contribution in [-0.4, -0.2) is 31.6 Å². The van der Waals surface area contributed by atoms with Gasteiger partial charge < -0.3 is 0 Å². The van der Waals surface area contributed by atoms with Crippen molar-refractivity contribution in [2.24, 2.45) is 0 Å². The summed E-state index contributed by atoms with van der Waals surface area (Å²) in [5.41, 5.74) is 12.0. The van der Waals surface area contributed by atoms with Crippen LogP contribution in [0.5, 0.6) is 0 Å². The van der Waals surface area contributed by atoms with E-state index in [2.05, 4.69) is 31.7 Å². The van der Waals surface area contributed by atoms with Gasteiger partial charge in [-0.1, -0.05) is 24.3 Å². The molecule has 3 aromatic carbocycles. The van der Waals surface area contributed by atoms with Crippen LogP contribution in [0, 0.1) is 20.2 Å². The number of nitrogens with one attached hydrogen (secondary N) is 4. The predicted molar refractivity (Wildman–Crippen MR) is 145 cm³/mol. The number of pyridine rings is 2. The molecule has 0 aliphatic heterocycles. The number of nitrogens with zero attached hydrogens (tertiary/aromatic N) is 4. The summed E-state index contributed by atoms with van der Waals surface area (Å²) in [5, 5.41) is 23.0. The third kappa shape index (κ3) is 5.40. The van der Waals surface area contributed by atoms with Crippen LogP contribution >= 0.6 is 0 Å². The molecule has 5 aromatic rings. The number of anilines is 2. The van der Waals surface area contributed by atoms with E-state index in [1.165, 1.54) is 60.7 Å². The number of hydrazine groups is 2. The van der Waals surface area contributed by atoms with Gasteiger partial charge >= 0.3 is 0 Å². The molecular weight excluding hydrogens is 520 g/mol. The van der Waals surface area contributed by atoms with E-state index in [4.69, 9.17) is 0 Å². The number of nitro groups is 2. The minimum Gasteiger partial charge on any atom is -0.298 e. The summed E-state index contributed by atoms with van der Waals surface area (Å²) < 4.78 is 0. The molecule has 14 nitrogen and oxygen atoms in total. The molecule has 0 saturated carbocycles. The lowest BCUT2D eigenvalue weighted by molar-refractivity contribution is -0.385. The zero-order valence-electron chi connectivity index (χ0n) is 20.3. The lowest BCUT2D eigenvalue weighted by atomic mass is 10.1. The van der Waals surface area contributed by atoms with Crippen molar-refractivity contribution in [3.8, 4) is 0 Å². The van der Waals surface area contributed by atoms with Gasteiger partial charge in [-0.3, -0.25) is 51.5 Å². The summed E-state index contributed by atoms with van der Waals surface area (Å²) in [7, 11) is 0. The first-order valence-electron chi connectivity index (χ1n) is 11.6. The Morgan fingerprint density at radius 1 is 0.550 bits per heavy atom. The zero-order valence-corrected chi connectivity index (χ0v) is 20.3. The van der Waals surface area contributed by atoms with Gasteiger partial charge in [-0.15, -0.1) is 0 Å². The van der Waals surface area contributed by atoms with Crippen LogP contribution in [0.25, 0.3) is 21.8 Å². The Labute approximate surface area is 224 Å².